The molecule has 1 amide bonds. The number of nitrogens with one attached hydrogen (secondary N) is 1. The molecule has 96 valence electrons. The van der Waals surface area contributed by atoms with Crippen LogP contribution in [0.2, 0.25) is 10.0 Å². The Bertz CT molecular complexity index is 627. The zero-order chi connectivity index (χ0) is 13.8. The van der Waals surface area contributed by atoms with Gasteiger partial charge in [-0.3, -0.25) is 9.59 Å². The molecule has 0 radical (unpaired) electrons. The minimum atomic E-state index is -0.233. The zero-order valence-corrected chi connectivity index (χ0v) is 11.2. The van der Waals surface area contributed by atoms with Crippen LogP contribution in [0.25, 0.3) is 0 Å². The van der Waals surface area contributed by atoms with Crippen molar-refractivity contribution in [2.24, 2.45) is 0 Å². The van der Waals surface area contributed by atoms with Crippen LogP contribution >= 0.6 is 23.2 Å². The number of anilines is 1. The summed E-state index contributed by atoms with van der Waals surface area (Å²) in [5, 5.41) is 2.99. The predicted octanol–water partition coefficient (Wildman–Crippen LogP) is 3.79. The highest BCUT2D eigenvalue weighted by Crippen LogP contribution is 2.30. The fraction of sp³-hybridized carbons (Fsp3) is 0. The molecule has 0 atom stereocenters. The van der Waals surface area contributed by atoms with Crippen molar-refractivity contribution in [2.75, 3.05) is 5.32 Å². The SMILES string of the molecule is O=CNc1cc(Cl)c(Cl)cc1C(=O)c1ccccc1. The van der Waals surface area contributed by atoms with Gasteiger partial charge < -0.3 is 5.32 Å². The Labute approximate surface area is 120 Å². The van der Waals surface area contributed by atoms with E-state index in [0.717, 1.165) is 0 Å². The van der Waals surface area contributed by atoms with Crippen molar-refractivity contribution in [1.82, 2.24) is 0 Å². The Morgan fingerprint density at radius 1 is 1.05 bits per heavy atom. The maximum atomic E-state index is 12.3. The Morgan fingerprint density at radius 3 is 2.32 bits per heavy atom. The summed E-state index contributed by atoms with van der Waals surface area (Å²) in [6.45, 7) is 0. The number of hydrogen-bond donors (Lipinski definition) is 1. The average Bonchev–Trinajstić information content (AvgIpc) is 2.43. The molecule has 2 aromatic carbocycles. The summed E-state index contributed by atoms with van der Waals surface area (Å²) >= 11 is 11.8. The third-order valence-electron chi connectivity index (χ3n) is 2.56. The summed E-state index contributed by atoms with van der Waals surface area (Å²) in [6.07, 6.45) is 0.487. The number of ketones is 1. The Morgan fingerprint density at radius 2 is 1.68 bits per heavy atom. The van der Waals surface area contributed by atoms with Crippen LogP contribution in [0.1, 0.15) is 15.9 Å². The molecule has 0 aliphatic carbocycles. The Balaban J connectivity index is 2.52. The average molecular weight is 294 g/mol. The van der Waals surface area contributed by atoms with Crippen molar-refractivity contribution in [2.45, 2.75) is 0 Å². The first-order chi connectivity index (χ1) is 9.13. The van der Waals surface area contributed by atoms with Gasteiger partial charge in [-0.05, 0) is 12.1 Å². The highest BCUT2D eigenvalue weighted by molar-refractivity contribution is 6.42. The van der Waals surface area contributed by atoms with E-state index in [2.05, 4.69) is 5.32 Å². The molecule has 2 aromatic rings. The fourth-order valence-corrected chi connectivity index (χ4v) is 1.99. The molecule has 0 aromatic heterocycles. The highest BCUT2D eigenvalue weighted by Gasteiger charge is 2.15. The molecule has 0 saturated heterocycles. The summed E-state index contributed by atoms with van der Waals surface area (Å²) in [7, 11) is 0. The summed E-state index contributed by atoms with van der Waals surface area (Å²) in [5.41, 5.74) is 1.14. The lowest BCUT2D eigenvalue weighted by molar-refractivity contribution is -0.105. The molecular formula is C14H9Cl2NO2. The third-order valence-corrected chi connectivity index (χ3v) is 3.28. The summed E-state index contributed by atoms with van der Waals surface area (Å²) < 4.78 is 0. The van der Waals surface area contributed by atoms with Gasteiger partial charge in [0, 0.05) is 11.1 Å². The predicted molar refractivity (Wildman–Crippen MR) is 76.0 cm³/mol. The standard InChI is InChI=1S/C14H9Cl2NO2/c15-11-6-10(13(17-8-18)7-12(11)16)14(19)9-4-2-1-3-5-9/h1-8H,(H,17,18). The molecule has 0 bridgehead atoms. The fourth-order valence-electron chi connectivity index (χ4n) is 1.66. The van der Waals surface area contributed by atoms with E-state index in [4.69, 9.17) is 23.2 Å². The van der Waals surface area contributed by atoms with Gasteiger partial charge in [-0.2, -0.15) is 0 Å². The maximum Gasteiger partial charge on any atom is 0.211 e. The molecular weight excluding hydrogens is 285 g/mol. The largest absolute Gasteiger partial charge is 0.328 e. The molecule has 0 saturated carbocycles. The first-order valence-electron chi connectivity index (χ1n) is 5.42. The van der Waals surface area contributed by atoms with Gasteiger partial charge in [-0.15, -0.1) is 0 Å². The van der Waals surface area contributed by atoms with Gasteiger partial charge in [0.25, 0.3) is 0 Å². The molecule has 0 heterocycles. The highest BCUT2D eigenvalue weighted by atomic mass is 35.5. The van der Waals surface area contributed by atoms with E-state index in [9.17, 15) is 9.59 Å². The smallest absolute Gasteiger partial charge is 0.211 e. The lowest BCUT2D eigenvalue weighted by Gasteiger charge is -2.09. The maximum absolute atomic E-state index is 12.3. The molecule has 0 fully saturated rings. The second-order valence-corrected chi connectivity index (χ2v) is 4.58. The van der Waals surface area contributed by atoms with Crippen LogP contribution in [-0.2, 0) is 4.79 Å². The number of rotatable bonds is 4. The molecule has 1 N–H and O–H groups in total. The van der Waals surface area contributed by atoms with Gasteiger partial charge in [0.1, 0.15) is 0 Å². The molecule has 0 unspecified atom stereocenters. The van der Waals surface area contributed by atoms with E-state index in [1.807, 2.05) is 6.07 Å². The van der Waals surface area contributed by atoms with Gasteiger partial charge in [0.15, 0.2) is 5.78 Å². The van der Waals surface area contributed by atoms with Crippen molar-refractivity contribution in [1.29, 1.82) is 0 Å². The van der Waals surface area contributed by atoms with Crippen molar-refractivity contribution >= 4 is 41.1 Å². The second-order valence-electron chi connectivity index (χ2n) is 3.77. The van der Waals surface area contributed by atoms with Crippen LogP contribution in [0.4, 0.5) is 5.69 Å². The van der Waals surface area contributed by atoms with Gasteiger partial charge >= 0.3 is 0 Å². The first kappa shape index (κ1) is 13.6. The van der Waals surface area contributed by atoms with Crippen molar-refractivity contribution < 1.29 is 9.59 Å². The number of carbonyl (C=O) groups is 2. The van der Waals surface area contributed by atoms with Crippen LogP contribution in [-0.4, -0.2) is 12.2 Å². The van der Waals surface area contributed by atoms with E-state index < -0.39 is 0 Å². The summed E-state index contributed by atoms with van der Waals surface area (Å²) in [4.78, 5) is 22.9. The van der Waals surface area contributed by atoms with E-state index in [1.165, 1.54) is 12.1 Å². The number of benzene rings is 2. The van der Waals surface area contributed by atoms with Gasteiger partial charge in [-0.1, -0.05) is 53.5 Å². The number of carbonyl (C=O) groups excluding carboxylic acids is 2. The van der Waals surface area contributed by atoms with Gasteiger partial charge in [-0.25, -0.2) is 0 Å². The number of amides is 1. The summed E-state index contributed by atoms with van der Waals surface area (Å²) in [6, 6.07) is 11.6. The van der Waals surface area contributed by atoms with Gasteiger partial charge in [0.2, 0.25) is 6.41 Å². The van der Waals surface area contributed by atoms with Crippen molar-refractivity contribution in [3.05, 3.63) is 63.6 Å². The van der Waals surface area contributed by atoms with Gasteiger partial charge in [0.05, 0.1) is 15.7 Å². The first-order valence-corrected chi connectivity index (χ1v) is 6.18. The van der Waals surface area contributed by atoms with Crippen LogP contribution in [0.15, 0.2) is 42.5 Å². The molecule has 3 nitrogen and oxygen atoms in total. The van der Waals surface area contributed by atoms with Crippen molar-refractivity contribution in [3.8, 4) is 0 Å². The van der Waals surface area contributed by atoms with E-state index in [0.29, 0.717) is 23.2 Å². The normalized spacial score (nSPS) is 10.0. The lowest BCUT2D eigenvalue weighted by Crippen LogP contribution is -2.07. The second kappa shape index (κ2) is 5.87. The molecule has 19 heavy (non-hydrogen) atoms. The Kier molecular flexibility index (Phi) is 4.20. The van der Waals surface area contributed by atoms with E-state index >= 15 is 0 Å². The van der Waals surface area contributed by atoms with Crippen LogP contribution in [0.3, 0.4) is 0 Å². The number of halogens is 2. The zero-order valence-electron chi connectivity index (χ0n) is 9.69. The molecule has 0 aliphatic heterocycles. The van der Waals surface area contributed by atoms with E-state index in [1.54, 1.807) is 24.3 Å². The van der Waals surface area contributed by atoms with Crippen LogP contribution < -0.4 is 5.32 Å². The van der Waals surface area contributed by atoms with Crippen LogP contribution in [0.5, 0.6) is 0 Å². The topological polar surface area (TPSA) is 46.2 Å². The van der Waals surface area contributed by atoms with E-state index in [-0.39, 0.29) is 15.8 Å². The summed E-state index contributed by atoms with van der Waals surface area (Å²) in [5.74, 6) is -0.233. The minimum Gasteiger partial charge on any atom is -0.328 e. The quantitative estimate of drug-likeness (QED) is 0.688. The van der Waals surface area contributed by atoms with Crippen molar-refractivity contribution in [3.63, 3.8) is 0 Å². The minimum absolute atomic E-state index is 0.233. The molecule has 2 rings (SSSR count). The molecule has 0 spiro atoms. The number of hydrogen-bond acceptors (Lipinski definition) is 2. The Hall–Kier alpha value is -1.84. The monoisotopic (exact) mass is 293 g/mol. The molecule has 5 heteroatoms. The van der Waals surface area contributed by atoms with Crippen LogP contribution in [0, 0.1) is 0 Å². The molecule has 0 aliphatic rings. The third kappa shape index (κ3) is 2.95. The lowest BCUT2D eigenvalue weighted by atomic mass is 10.0.